The molecule has 3 aliphatic carbocycles. The van der Waals surface area contributed by atoms with Gasteiger partial charge in [0, 0.05) is 16.7 Å². The van der Waals surface area contributed by atoms with Crippen LogP contribution in [0.2, 0.25) is 0 Å². The summed E-state index contributed by atoms with van der Waals surface area (Å²) in [6.45, 7) is 5.12. The average molecular weight is 290 g/mol. The van der Waals surface area contributed by atoms with Crippen LogP contribution in [0.1, 0.15) is 33.1 Å². The summed E-state index contributed by atoms with van der Waals surface area (Å²) in [5.74, 6) is 1.26. The number of allylic oxidation sites excluding steroid dienone is 1. The van der Waals surface area contributed by atoms with Gasteiger partial charge in [0.05, 0.1) is 24.9 Å². The zero-order valence-corrected chi connectivity index (χ0v) is 12.9. The molecule has 0 radical (unpaired) electrons. The number of rotatable bonds is 0. The van der Waals surface area contributed by atoms with E-state index in [9.17, 15) is 10.2 Å². The topological polar surface area (TPSA) is 49.7 Å². The third-order valence-electron chi connectivity index (χ3n) is 6.90. The summed E-state index contributed by atoms with van der Waals surface area (Å²) in [6.07, 6.45) is 11.2. The van der Waals surface area contributed by atoms with Crippen LogP contribution in [0.15, 0.2) is 24.3 Å². The molecular weight excluding hydrogens is 264 g/mol. The third-order valence-corrected chi connectivity index (χ3v) is 6.90. The normalized spacial score (nSPS) is 58.5. The second-order valence-corrected chi connectivity index (χ2v) is 8.03. The van der Waals surface area contributed by atoms with Crippen molar-refractivity contribution in [1.29, 1.82) is 0 Å². The highest BCUT2D eigenvalue weighted by molar-refractivity contribution is 5.25. The van der Waals surface area contributed by atoms with E-state index < -0.39 is 0 Å². The van der Waals surface area contributed by atoms with Crippen molar-refractivity contribution in [3.8, 4) is 0 Å². The minimum Gasteiger partial charge on any atom is -0.392 e. The first-order chi connectivity index (χ1) is 9.95. The smallest absolute Gasteiger partial charge is 0.0734 e. The minimum absolute atomic E-state index is 0.0203. The van der Waals surface area contributed by atoms with Crippen LogP contribution in [-0.4, -0.2) is 35.1 Å². The molecule has 0 bridgehead atoms. The van der Waals surface area contributed by atoms with E-state index in [4.69, 9.17) is 4.74 Å². The Bertz CT molecular complexity index is 499. The molecule has 1 aliphatic heterocycles. The van der Waals surface area contributed by atoms with Crippen LogP contribution in [0, 0.1) is 28.6 Å². The molecule has 2 fully saturated rings. The van der Waals surface area contributed by atoms with Crippen molar-refractivity contribution >= 4 is 0 Å². The maximum atomic E-state index is 10.4. The van der Waals surface area contributed by atoms with E-state index in [0.29, 0.717) is 24.4 Å². The van der Waals surface area contributed by atoms with E-state index in [-0.39, 0.29) is 29.1 Å². The molecule has 4 aliphatic rings. The van der Waals surface area contributed by atoms with E-state index in [1.54, 1.807) is 0 Å². The van der Waals surface area contributed by atoms with Crippen molar-refractivity contribution < 1.29 is 14.9 Å². The fraction of sp³-hybridized carbons (Fsp3) is 0.778. The first kappa shape index (κ1) is 14.0. The summed E-state index contributed by atoms with van der Waals surface area (Å²) in [5.41, 5.74) is -0.111. The second kappa shape index (κ2) is 4.43. The minimum atomic E-state index is -0.327. The Balaban J connectivity index is 1.71. The molecule has 116 valence electrons. The average Bonchev–Trinajstić information content (AvgIpc) is 2.76. The van der Waals surface area contributed by atoms with E-state index in [2.05, 4.69) is 32.1 Å². The summed E-state index contributed by atoms with van der Waals surface area (Å²) in [7, 11) is 0. The molecule has 3 heteroatoms. The maximum absolute atomic E-state index is 10.4. The predicted octanol–water partition coefficient (Wildman–Crippen LogP) is 2.29. The highest BCUT2D eigenvalue weighted by atomic mass is 16.5. The van der Waals surface area contributed by atoms with Crippen LogP contribution in [0.25, 0.3) is 0 Å². The summed E-state index contributed by atoms with van der Waals surface area (Å²) < 4.78 is 6.33. The number of ether oxygens (including phenoxy) is 1. The van der Waals surface area contributed by atoms with Crippen LogP contribution in [-0.2, 0) is 4.74 Å². The first-order valence-corrected chi connectivity index (χ1v) is 8.30. The number of hydrogen-bond acceptors (Lipinski definition) is 3. The van der Waals surface area contributed by atoms with Crippen LogP contribution < -0.4 is 0 Å². The monoisotopic (exact) mass is 290 g/mol. The Morgan fingerprint density at radius 3 is 2.71 bits per heavy atom. The molecule has 1 heterocycles. The summed E-state index contributed by atoms with van der Waals surface area (Å²) in [5, 5.41) is 20.2. The van der Waals surface area contributed by atoms with Crippen molar-refractivity contribution in [3.63, 3.8) is 0 Å². The van der Waals surface area contributed by atoms with Crippen molar-refractivity contribution in [1.82, 2.24) is 0 Å². The van der Waals surface area contributed by atoms with Gasteiger partial charge in [-0.2, -0.15) is 0 Å². The molecule has 0 aromatic heterocycles. The quantitative estimate of drug-likeness (QED) is 0.673. The Morgan fingerprint density at radius 1 is 1.10 bits per heavy atom. The van der Waals surface area contributed by atoms with Gasteiger partial charge >= 0.3 is 0 Å². The van der Waals surface area contributed by atoms with E-state index in [1.807, 2.05) is 6.08 Å². The van der Waals surface area contributed by atoms with Gasteiger partial charge in [-0.1, -0.05) is 38.2 Å². The molecule has 0 aromatic rings. The van der Waals surface area contributed by atoms with Gasteiger partial charge in [-0.05, 0) is 31.1 Å². The van der Waals surface area contributed by atoms with E-state index in [0.717, 1.165) is 19.3 Å². The molecule has 0 amide bonds. The van der Waals surface area contributed by atoms with Gasteiger partial charge in [0.15, 0.2) is 0 Å². The van der Waals surface area contributed by atoms with Crippen molar-refractivity contribution in [2.24, 2.45) is 28.6 Å². The summed E-state index contributed by atoms with van der Waals surface area (Å²) in [6, 6.07) is 0. The molecule has 4 rings (SSSR count). The Kier molecular flexibility index (Phi) is 2.95. The van der Waals surface area contributed by atoms with Gasteiger partial charge < -0.3 is 14.9 Å². The lowest BCUT2D eigenvalue weighted by molar-refractivity contribution is -0.178. The maximum Gasteiger partial charge on any atom is 0.0734 e. The Labute approximate surface area is 126 Å². The highest BCUT2D eigenvalue weighted by Gasteiger charge is 2.59. The predicted molar refractivity (Wildman–Crippen MR) is 80.6 cm³/mol. The molecule has 8 atom stereocenters. The Hall–Kier alpha value is -0.640. The van der Waals surface area contributed by atoms with Crippen LogP contribution in [0.3, 0.4) is 0 Å². The third kappa shape index (κ3) is 1.77. The Morgan fingerprint density at radius 2 is 1.90 bits per heavy atom. The molecule has 2 N–H and O–H groups in total. The van der Waals surface area contributed by atoms with Crippen molar-refractivity contribution in [3.05, 3.63) is 24.3 Å². The van der Waals surface area contributed by atoms with Gasteiger partial charge in [-0.15, -0.1) is 0 Å². The lowest BCUT2D eigenvalue weighted by atomic mass is 9.56. The molecule has 0 spiro atoms. The van der Waals surface area contributed by atoms with Gasteiger partial charge in [-0.3, -0.25) is 0 Å². The summed E-state index contributed by atoms with van der Waals surface area (Å²) in [4.78, 5) is 0. The van der Waals surface area contributed by atoms with Crippen LogP contribution in [0.5, 0.6) is 0 Å². The number of fused-ring (bicyclic) bond motifs is 5. The lowest BCUT2D eigenvalue weighted by Crippen LogP contribution is -2.57. The van der Waals surface area contributed by atoms with Gasteiger partial charge in [-0.25, -0.2) is 0 Å². The molecule has 0 aromatic carbocycles. The number of hydrogen-bond donors (Lipinski definition) is 2. The second-order valence-electron chi connectivity index (χ2n) is 8.03. The summed E-state index contributed by atoms with van der Waals surface area (Å²) >= 11 is 0. The number of aliphatic hydroxyl groups is 2. The fourth-order valence-electron chi connectivity index (χ4n) is 5.39. The largest absolute Gasteiger partial charge is 0.392 e. The lowest BCUT2D eigenvalue weighted by Gasteiger charge is -2.56. The van der Waals surface area contributed by atoms with E-state index in [1.165, 1.54) is 0 Å². The van der Waals surface area contributed by atoms with Crippen molar-refractivity contribution in [2.45, 2.75) is 51.4 Å². The van der Waals surface area contributed by atoms with Gasteiger partial charge in [0.2, 0.25) is 0 Å². The zero-order valence-electron chi connectivity index (χ0n) is 12.9. The van der Waals surface area contributed by atoms with E-state index >= 15 is 0 Å². The highest BCUT2D eigenvalue weighted by Crippen LogP contribution is 2.58. The molecule has 3 unspecified atom stereocenters. The molecule has 1 saturated heterocycles. The fourth-order valence-corrected chi connectivity index (χ4v) is 5.39. The molecular formula is C18H26O3. The zero-order chi connectivity index (χ0) is 14.8. The van der Waals surface area contributed by atoms with Gasteiger partial charge in [0.25, 0.3) is 0 Å². The standard InChI is InChI=1S/C18H26O3/c1-17-8-7-12(19)9-11(17)3-4-13-14-5-6-15(20)18(14,2)10-21-16(13)17/h3-4,7-8,11-16,19-20H,5-6,9-10H2,1-2H3/t11?,12?,13-,14-,15?,16+,17-,18-/m0/s1. The first-order valence-electron chi connectivity index (χ1n) is 8.30. The number of aliphatic hydroxyl groups excluding tert-OH is 2. The molecule has 3 nitrogen and oxygen atoms in total. The van der Waals surface area contributed by atoms with Gasteiger partial charge in [0.1, 0.15) is 0 Å². The van der Waals surface area contributed by atoms with Crippen LogP contribution >= 0.6 is 0 Å². The molecule has 21 heavy (non-hydrogen) atoms. The van der Waals surface area contributed by atoms with Crippen molar-refractivity contribution in [2.75, 3.05) is 6.61 Å². The van der Waals surface area contributed by atoms with Crippen LogP contribution in [0.4, 0.5) is 0 Å². The SMILES string of the molecule is C[C@]12C=CC(O)CC1C=C[C@@H]1[C@H]2OC[C@]2(C)C(O)CC[C@@H]12. The molecule has 1 saturated carbocycles.